The minimum Gasteiger partial charge on any atom is -0.312 e. The van der Waals surface area contributed by atoms with Gasteiger partial charge >= 0.3 is 0 Å². The van der Waals surface area contributed by atoms with Gasteiger partial charge in [0.15, 0.2) is 0 Å². The molecule has 0 saturated carbocycles. The minimum absolute atomic E-state index is 0.183. The first-order chi connectivity index (χ1) is 12.1. The molecule has 3 aromatic rings. The summed E-state index contributed by atoms with van der Waals surface area (Å²) >= 11 is 5.99. The molecule has 2 heterocycles. The van der Waals surface area contributed by atoms with Crippen LogP contribution in [0.5, 0.6) is 0 Å². The summed E-state index contributed by atoms with van der Waals surface area (Å²) in [6, 6.07) is 13.9. The fourth-order valence-electron chi connectivity index (χ4n) is 3.19. The summed E-state index contributed by atoms with van der Waals surface area (Å²) in [7, 11) is -3.72. The van der Waals surface area contributed by atoms with Crippen molar-refractivity contribution in [3.05, 3.63) is 71.4 Å². The number of para-hydroxylation sites is 1. The molecule has 0 saturated heterocycles. The maximum Gasteiger partial charge on any atom is 0.268 e. The van der Waals surface area contributed by atoms with Crippen molar-refractivity contribution in [3.8, 4) is 0 Å². The van der Waals surface area contributed by atoms with Gasteiger partial charge in [0.05, 0.1) is 10.4 Å². The van der Waals surface area contributed by atoms with Gasteiger partial charge in [0, 0.05) is 28.7 Å². The van der Waals surface area contributed by atoms with Gasteiger partial charge in [0.1, 0.15) is 0 Å². The Morgan fingerprint density at radius 3 is 2.68 bits per heavy atom. The van der Waals surface area contributed by atoms with E-state index in [4.69, 9.17) is 11.6 Å². The third-order valence-electron chi connectivity index (χ3n) is 4.40. The fraction of sp³-hybridized carbons (Fsp3) is 0.158. The first kappa shape index (κ1) is 16.4. The monoisotopic (exact) mass is 372 g/mol. The largest absolute Gasteiger partial charge is 0.312 e. The Kier molecular flexibility index (Phi) is 4.15. The molecule has 4 nitrogen and oxygen atoms in total. The Balaban J connectivity index is 1.95. The molecule has 4 rings (SSSR count). The van der Waals surface area contributed by atoms with Crippen molar-refractivity contribution in [2.45, 2.75) is 11.3 Å². The normalized spacial score (nSPS) is 15.3. The van der Waals surface area contributed by atoms with Gasteiger partial charge in [-0.3, -0.25) is 0 Å². The number of rotatable bonds is 3. The zero-order valence-corrected chi connectivity index (χ0v) is 15.0. The molecule has 0 fully saturated rings. The van der Waals surface area contributed by atoms with Gasteiger partial charge < -0.3 is 5.32 Å². The predicted molar refractivity (Wildman–Crippen MR) is 101 cm³/mol. The third kappa shape index (κ3) is 2.88. The van der Waals surface area contributed by atoms with E-state index in [1.165, 1.54) is 10.0 Å². The van der Waals surface area contributed by atoms with Crippen molar-refractivity contribution in [1.82, 2.24) is 9.29 Å². The smallest absolute Gasteiger partial charge is 0.268 e. The Bertz CT molecular complexity index is 1080. The molecule has 1 aliphatic heterocycles. The van der Waals surface area contributed by atoms with Crippen LogP contribution < -0.4 is 5.32 Å². The average molecular weight is 373 g/mol. The molecule has 25 heavy (non-hydrogen) atoms. The summed E-state index contributed by atoms with van der Waals surface area (Å²) in [5.41, 5.74) is 2.75. The lowest BCUT2D eigenvalue weighted by Crippen LogP contribution is -2.21. The molecule has 0 amide bonds. The lowest BCUT2D eigenvalue weighted by molar-refractivity contribution is 0.589. The Hall–Kier alpha value is -2.08. The molecule has 6 heteroatoms. The van der Waals surface area contributed by atoms with Gasteiger partial charge in [-0.25, -0.2) is 12.4 Å². The van der Waals surface area contributed by atoms with Crippen molar-refractivity contribution in [3.63, 3.8) is 0 Å². The van der Waals surface area contributed by atoms with E-state index < -0.39 is 10.0 Å². The zero-order chi connectivity index (χ0) is 17.4. The third-order valence-corrected chi connectivity index (χ3v) is 6.31. The number of benzene rings is 2. The van der Waals surface area contributed by atoms with Crippen LogP contribution in [0.1, 0.15) is 12.0 Å². The molecule has 0 radical (unpaired) electrons. The van der Waals surface area contributed by atoms with Crippen LogP contribution in [0.25, 0.3) is 16.5 Å². The Morgan fingerprint density at radius 1 is 1.08 bits per heavy atom. The van der Waals surface area contributed by atoms with E-state index in [-0.39, 0.29) is 4.90 Å². The second kappa shape index (κ2) is 6.33. The van der Waals surface area contributed by atoms with Gasteiger partial charge in [-0.1, -0.05) is 41.9 Å². The van der Waals surface area contributed by atoms with Gasteiger partial charge in [-0.2, -0.15) is 0 Å². The first-order valence-electron chi connectivity index (χ1n) is 8.09. The molecule has 0 unspecified atom stereocenters. The fourth-order valence-corrected chi connectivity index (χ4v) is 4.87. The second-order valence-corrected chi connectivity index (χ2v) is 8.26. The SMILES string of the molecule is O=S(=O)(c1cccc(Cl)c1)n1cc(C2=CCCNC2)c2ccccc21. The number of halogens is 1. The van der Waals surface area contributed by atoms with Gasteiger partial charge in [0.2, 0.25) is 0 Å². The summed E-state index contributed by atoms with van der Waals surface area (Å²) in [5, 5.41) is 4.67. The van der Waals surface area contributed by atoms with Crippen LogP contribution in [0.4, 0.5) is 0 Å². The number of nitrogens with zero attached hydrogens (tertiary/aromatic N) is 1. The topological polar surface area (TPSA) is 51.1 Å². The van der Waals surface area contributed by atoms with E-state index >= 15 is 0 Å². The highest BCUT2D eigenvalue weighted by Gasteiger charge is 2.22. The zero-order valence-electron chi connectivity index (χ0n) is 13.4. The van der Waals surface area contributed by atoms with Gasteiger partial charge in [0.25, 0.3) is 10.0 Å². The molecule has 2 aromatic carbocycles. The molecular weight excluding hydrogens is 356 g/mol. The molecule has 0 aliphatic carbocycles. The van der Waals surface area contributed by atoms with Crippen molar-refractivity contribution < 1.29 is 8.42 Å². The summed E-state index contributed by atoms with van der Waals surface area (Å²) in [6.45, 7) is 1.69. The summed E-state index contributed by atoms with van der Waals surface area (Å²) in [5.74, 6) is 0. The highest BCUT2D eigenvalue weighted by molar-refractivity contribution is 7.90. The summed E-state index contributed by atoms with van der Waals surface area (Å²) in [6.07, 6.45) is 4.84. The predicted octanol–water partition coefficient (Wildman–Crippen LogP) is 3.91. The van der Waals surface area contributed by atoms with E-state index in [0.717, 1.165) is 36.0 Å². The van der Waals surface area contributed by atoms with Gasteiger partial charge in [-0.05, 0) is 42.8 Å². The second-order valence-electron chi connectivity index (χ2n) is 6.01. The number of nitrogens with one attached hydrogen (secondary N) is 1. The lowest BCUT2D eigenvalue weighted by Gasteiger charge is -2.13. The van der Waals surface area contributed by atoms with Crippen LogP contribution in [0, 0.1) is 0 Å². The molecule has 0 spiro atoms. The quantitative estimate of drug-likeness (QED) is 0.758. The lowest BCUT2D eigenvalue weighted by atomic mass is 10.0. The van der Waals surface area contributed by atoms with Crippen LogP contribution in [0.3, 0.4) is 0 Å². The van der Waals surface area contributed by atoms with Crippen LogP contribution >= 0.6 is 11.6 Å². The molecule has 1 N–H and O–H groups in total. The van der Waals surface area contributed by atoms with Crippen LogP contribution in [-0.4, -0.2) is 25.5 Å². The van der Waals surface area contributed by atoms with Crippen molar-refractivity contribution in [2.75, 3.05) is 13.1 Å². The van der Waals surface area contributed by atoms with Crippen LogP contribution in [0.2, 0.25) is 5.02 Å². The van der Waals surface area contributed by atoms with Gasteiger partial charge in [-0.15, -0.1) is 0 Å². The van der Waals surface area contributed by atoms with Crippen LogP contribution in [0.15, 0.2) is 65.7 Å². The van der Waals surface area contributed by atoms with Crippen LogP contribution in [-0.2, 0) is 10.0 Å². The standard InChI is InChI=1S/C19H17ClN2O2S/c20-15-6-3-7-16(11-15)25(23,24)22-13-18(14-5-4-10-21-12-14)17-8-1-2-9-19(17)22/h1-3,5-9,11,13,21H,4,10,12H2. The number of hydrogen-bond donors (Lipinski definition) is 1. The highest BCUT2D eigenvalue weighted by atomic mass is 35.5. The summed E-state index contributed by atoms with van der Waals surface area (Å²) in [4.78, 5) is 0.183. The molecule has 128 valence electrons. The highest BCUT2D eigenvalue weighted by Crippen LogP contribution is 2.31. The maximum atomic E-state index is 13.2. The molecular formula is C19H17ClN2O2S. The minimum atomic E-state index is -3.72. The Morgan fingerprint density at radius 2 is 1.92 bits per heavy atom. The molecule has 1 aliphatic rings. The van der Waals surface area contributed by atoms with E-state index in [0.29, 0.717) is 10.5 Å². The average Bonchev–Trinajstić information content (AvgIpc) is 3.03. The van der Waals surface area contributed by atoms with Crippen molar-refractivity contribution >= 4 is 38.1 Å². The van der Waals surface area contributed by atoms with E-state index in [2.05, 4.69) is 11.4 Å². The molecule has 0 atom stereocenters. The number of hydrogen-bond acceptors (Lipinski definition) is 3. The number of aromatic nitrogens is 1. The molecule has 0 bridgehead atoms. The van der Waals surface area contributed by atoms with E-state index in [9.17, 15) is 8.42 Å². The van der Waals surface area contributed by atoms with Crippen molar-refractivity contribution in [1.29, 1.82) is 0 Å². The van der Waals surface area contributed by atoms with E-state index in [1.54, 1.807) is 24.4 Å². The summed E-state index contributed by atoms with van der Waals surface area (Å²) < 4.78 is 27.7. The van der Waals surface area contributed by atoms with E-state index in [1.807, 2.05) is 24.3 Å². The first-order valence-corrected chi connectivity index (χ1v) is 9.90. The Labute approximate surface area is 151 Å². The maximum absolute atomic E-state index is 13.2. The molecule has 1 aromatic heterocycles. The number of fused-ring (bicyclic) bond motifs is 1. The van der Waals surface area contributed by atoms with Crippen molar-refractivity contribution in [2.24, 2.45) is 0 Å².